The maximum atomic E-state index is 13.0. The second-order valence-corrected chi connectivity index (χ2v) is 5.63. The van der Waals surface area contributed by atoms with Crippen molar-refractivity contribution in [3.05, 3.63) is 71.6 Å². The highest BCUT2D eigenvalue weighted by molar-refractivity contribution is 5.87. The summed E-state index contributed by atoms with van der Waals surface area (Å²) in [6.07, 6.45) is 1.47. The molecule has 0 saturated carbocycles. The number of hydrogen-bond donors (Lipinski definition) is 0. The Morgan fingerprint density at radius 3 is 2.55 bits per heavy atom. The number of carbonyl (C=O) groups is 1. The van der Waals surface area contributed by atoms with Crippen LogP contribution < -0.4 is 0 Å². The lowest BCUT2D eigenvalue weighted by Gasteiger charge is -2.14. The molecule has 22 heavy (non-hydrogen) atoms. The number of hydrogen-bond acceptors (Lipinski definition) is 2. The summed E-state index contributed by atoms with van der Waals surface area (Å²) in [4.78, 5) is 11.7. The predicted molar refractivity (Wildman–Crippen MR) is 83.8 cm³/mol. The van der Waals surface area contributed by atoms with Crippen LogP contribution in [0.1, 0.15) is 30.6 Å². The fourth-order valence-electron chi connectivity index (χ4n) is 2.74. The minimum Gasteiger partial charge on any atom is -0.454 e. The zero-order valence-electron chi connectivity index (χ0n) is 12.4. The van der Waals surface area contributed by atoms with E-state index in [4.69, 9.17) is 4.74 Å². The third kappa shape index (κ3) is 2.80. The number of fused-ring (bicyclic) bond motifs is 1. The molecule has 112 valence electrons. The highest BCUT2D eigenvalue weighted by Gasteiger charge is 2.26. The SMILES string of the molecule is C=C(C)C(=O)OC1CCc2ccc(-c3ccc(F)cc3)cc21. The summed E-state index contributed by atoms with van der Waals surface area (Å²) < 4.78 is 18.5. The first-order valence-electron chi connectivity index (χ1n) is 7.30. The van der Waals surface area contributed by atoms with Crippen LogP contribution in [0.25, 0.3) is 11.1 Å². The number of ether oxygens (including phenoxy) is 1. The van der Waals surface area contributed by atoms with Crippen molar-refractivity contribution in [1.82, 2.24) is 0 Å². The van der Waals surface area contributed by atoms with Crippen molar-refractivity contribution in [2.75, 3.05) is 0 Å². The van der Waals surface area contributed by atoms with Gasteiger partial charge in [0.2, 0.25) is 0 Å². The average Bonchev–Trinajstić information content (AvgIpc) is 2.90. The number of rotatable bonds is 3. The quantitative estimate of drug-likeness (QED) is 0.611. The average molecular weight is 296 g/mol. The van der Waals surface area contributed by atoms with Gasteiger partial charge in [-0.2, -0.15) is 0 Å². The van der Waals surface area contributed by atoms with E-state index in [0.717, 1.165) is 29.5 Å². The lowest BCUT2D eigenvalue weighted by molar-refractivity contribution is -0.144. The molecular weight excluding hydrogens is 279 g/mol. The summed E-state index contributed by atoms with van der Waals surface area (Å²) in [5.41, 5.74) is 4.59. The van der Waals surface area contributed by atoms with Gasteiger partial charge in [0.1, 0.15) is 11.9 Å². The molecule has 2 nitrogen and oxygen atoms in total. The molecule has 1 unspecified atom stereocenters. The van der Waals surface area contributed by atoms with Gasteiger partial charge in [-0.3, -0.25) is 0 Å². The fraction of sp³-hybridized carbons (Fsp3) is 0.211. The first-order valence-corrected chi connectivity index (χ1v) is 7.30. The summed E-state index contributed by atoms with van der Waals surface area (Å²) in [5.74, 6) is -0.608. The summed E-state index contributed by atoms with van der Waals surface area (Å²) in [5, 5.41) is 0. The van der Waals surface area contributed by atoms with Crippen LogP contribution in [0.3, 0.4) is 0 Å². The topological polar surface area (TPSA) is 26.3 Å². The van der Waals surface area contributed by atoms with Crippen LogP contribution in [0.4, 0.5) is 4.39 Å². The minimum absolute atomic E-state index is 0.223. The lowest BCUT2D eigenvalue weighted by Crippen LogP contribution is -2.09. The number of carbonyl (C=O) groups excluding carboxylic acids is 1. The first-order chi connectivity index (χ1) is 10.5. The molecule has 1 atom stereocenters. The second-order valence-electron chi connectivity index (χ2n) is 5.63. The molecule has 0 aromatic heterocycles. The van der Waals surface area contributed by atoms with Crippen molar-refractivity contribution < 1.29 is 13.9 Å². The monoisotopic (exact) mass is 296 g/mol. The molecule has 1 aliphatic rings. The van der Waals surface area contributed by atoms with E-state index in [1.54, 1.807) is 19.1 Å². The van der Waals surface area contributed by atoms with Gasteiger partial charge in [0, 0.05) is 5.57 Å². The molecule has 0 spiro atoms. The number of halogens is 1. The molecule has 1 aliphatic carbocycles. The van der Waals surface area contributed by atoms with Gasteiger partial charge in [-0.1, -0.05) is 30.8 Å². The molecule has 0 fully saturated rings. The van der Waals surface area contributed by atoms with Gasteiger partial charge < -0.3 is 4.74 Å². The molecule has 0 bridgehead atoms. The Hall–Kier alpha value is -2.42. The molecule has 0 saturated heterocycles. The maximum absolute atomic E-state index is 13.0. The van der Waals surface area contributed by atoms with Crippen molar-refractivity contribution in [2.45, 2.75) is 25.9 Å². The van der Waals surface area contributed by atoms with E-state index < -0.39 is 0 Å². The summed E-state index contributed by atoms with van der Waals surface area (Å²) in [7, 11) is 0. The van der Waals surface area contributed by atoms with E-state index in [0.29, 0.717) is 5.57 Å². The van der Waals surface area contributed by atoms with Crippen LogP contribution in [0.2, 0.25) is 0 Å². The molecule has 3 heteroatoms. The van der Waals surface area contributed by atoms with Crippen molar-refractivity contribution >= 4 is 5.97 Å². The summed E-state index contributed by atoms with van der Waals surface area (Å²) in [6, 6.07) is 12.5. The van der Waals surface area contributed by atoms with Crippen LogP contribution in [0, 0.1) is 5.82 Å². The van der Waals surface area contributed by atoms with E-state index in [9.17, 15) is 9.18 Å². The Kier molecular flexibility index (Phi) is 3.80. The largest absolute Gasteiger partial charge is 0.454 e. The third-order valence-corrected chi connectivity index (χ3v) is 3.94. The Bertz CT molecular complexity index is 732. The van der Waals surface area contributed by atoms with E-state index in [1.807, 2.05) is 12.1 Å². The standard InChI is InChI=1S/C19H17FO2/c1-12(2)19(21)22-18-10-7-14-3-4-15(11-17(14)18)13-5-8-16(20)9-6-13/h3-6,8-9,11,18H,1,7,10H2,2H3. The minimum atomic E-state index is -0.356. The molecule has 3 rings (SSSR count). The van der Waals surface area contributed by atoms with Crippen LogP contribution in [-0.2, 0) is 16.0 Å². The second kappa shape index (κ2) is 5.76. The molecule has 0 N–H and O–H groups in total. The number of aryl methyl sites for hydroxylation is 1. The van der Waals surface area contributed by atoms with Gasteiger partial charge in [-0.05, 0) is 60.2 Å². The van der Waals surface area contributed by atoms with Crippen molar-refractivity contribution in [2.24, 2.45) is 0 Å². The normalized spacial score (nSPS) is 16.2. The van der Waals surface area contributed by atoms with Gasteiger partial charge in [-0.25, -0.2) is 9.18 Å². The smallest absolute Gasteiger partial charge is 0.333 e. The van der Waals surface area contributed by atoms with Crippen LogP contribution in [0.15, 0.2) is 54.6 Å². The van der Waals surface area contributed by atoms with Gasteiger partial charge in [-0.15, -0.1) is 0 Å². The molecule has 2 aromatic rings. The van der Waals surface area contributed by atoms with Gasteiger partial charge in [0.15, 0.2) is 0 Å². The van der Waals surface area contributed by atoms with Crippen LogP contribution in [-0.4, -0.2) is 5.97 Å². The van der Waals surface area contributed by atoms with Gasteiger partial charge in [0.25, 0.3) is 0 Å². The summed E-state index contributed by atoms with van der Waals surface area (Å²) in [6.45, 7) is 5.26. The lowest BCUT2D eigenvalue weighted by atomic mass is 10.00. The van der Waals surface area contributed by atoms with E-state index in [2.05, 4.69) is 12.6 Å². The molecule has 0 radical (unpaired) electrons. The first kappa shape index (κ1) is 14.5. The highest BCUT2D eigenvalue weighted by Crippen LogP contribution is 2.37. The van der Waals surface area contributed by atoms with E-state index >= 15 is 0 Å². The van der Waals surface area contributed by atoms with Crippen LogP contribution in [0.5, 0.6) is 0 Å². The van der Waals surface area contributed by atoms with Crippen molar-refractivity contribution in [3.8, 4) is 11.1 Å². The molecule has 0 amide bonds. The fourth-order valence-corrected chi connectivity index (χ4v) is 2.74. The molecule has 0 heterocycles. The number of esters is 1. The van der Waals surface area contributed by atoms with E-state index in [1.165, 1.54) is 17.7 Å². The third-order valence-electron chi connectivity index (χ3n) is 3.94. The van der Waals surface area contributed by atoms with Gasteiger partial charge in [0.05, 0.1) is 0 Å². The van der Waals surface area contributed by atoms with E-state index in [-0.39, 0.29) is 17.9 Å². The van der Waals surface area contributed by atoms with Gasteiger partial charge >= 0.3 is 5.97 Å². The molecule has 0 aliphatic heterocycles. The number of benzene rings is 2. The molecular formula is C19H17FO2. The predicted octanol–water partition coefficient (Wildman–Crippen LogP) is 4.60. The zero-order valence-corrected chi connectivity index (χ0v) is 12.4. The Morgan fingerprint density at radius 2 is 1.86 bits per heavy atom. The van der Waals surface area contributed by atoms with Crippen molar-refractivity contribution in [3.63, 3.8) is 0 Å². The molecule has 2 aromatic carbocycles. The van der Waals surface area contributed by atoms with Crippen LogP contribution >= 0.6 is 0 Å². The maximum Gasteiger partial charge on any atom is 0.333 e. The Morgan fingerprint density at radius 1 is 1.18 bits per heavy atom. The highest BCUT2D eigenvalue weighted by atomic mass is 19.1. The Balaban J connectivity index is 1.90. The Labute approximate surface area is 129 Å². The van der Waals surface area contributed by atoms with Crippen molar-refractivity contribution in [1.29, 1.82) is 0 Å². The zero-order chi connectivity index (χ0) is 15.7. The summed E-state index contributed by atoms with van der Waals surface area (Å²) >= 11 is 0.